The molecule has 0 saturated carbocycles. The van der Waals surface area contributed by atoms with E-state index in [1.54, 1.807) is 4.68 Å². The fraction of sp³-hybridized carbons (Fsp3) is 0.360. The monoisotopic (exact) mass is 460 g/mol. The number of aromatic nitrogens is 5. The molecule has 34 heavy (non-hydrogen) atoms. The number of H-pyrrole nitrogens is 1. The summed E-state index contributed by atoms with van der Waals surface area (Å²) in [5.74, 6) is 1.35. The molecule has 0 radical (unpaired) electrons. The van der Waals surface area contributed by atoms with E-state index in [0.717, 1.165) is 22.2 Å². The van der Waals surface area contributed by atoms with E-state index >= 15 is 0 Å². The van der Waals surface area contributed by atoms with Gasteiger partial charge < -0.3 is 14.8 Å². The topological polar surface area (TPSA) is 109 Å². The molecule has 2 aromatic carbocycles. The average Bonchev–Trinajstić information content (AvgIpc) is 3.29. The molecule has 1 atom stereocenters. The first-order chi connectivity index (χ1) is 16.6. The maximum Gasteiger partial charge on any atom is 0.253 e. The van der Waals surface area contributed by atoms with E-state index in [1.807, 2.05) is 61.5 Å². The van der Waals surface area contributed by atoms with E-state index < -0.39 is 6.04 Å². The highest BCUT2D eigenvalue weighted by Crippen LogP contribution is 2.30. The molecule has 1 fully saturated rings. The third-order valence-electron chi connectivity index (χ3n) is 6.29. The van der Waals surface area contributed by atoms with E-state index in [-0.39, 0.29) is 11.7 Å². The molecule has 176 valence electrons. The number of nitrogens with one attached hydrogen (secondary N) is 1. The number of aromatic amines is 1. The molecule has 1 saturated heterocycles. The van der Waals surface area contributed by atoms with Crippen molar-refractivity contribution < 1.29 is 9.84 Å². The summed E-state index contributed by atoms with van der Waals surface area (Å²) in [4.78, 5) is 18.5. The van der Waals surface area contributed by atoms with Crippen molar-refractivity contribution in [2.75, 3.05) is 19.7 Å². The molecule has 2 aromatic heterocycles. The van der Waals surface area contributed by atoms with Crippen molar-refractivity contribution in [2.24, 2.45) is 0 Å². The average molecular weight is 461 g/mol. The van der Waals surface area contributed by atoms with Gasteiger partial charge in [0.05, 0.1) is 19.3 Å². The summed E-state index contributed by atoms with van der Waals surface area (Å²) in [5, 5.41) is 23.5. The van der Waals surface area contributed by atoms with Gasteiger partial charge in [-0.3, -0.25) is 9.69 Å². The number of ether oxygens (including phenoxy) is 1. The zero-order valence-electron chi connectivity index (χ0n) is 19.1. The molecule has 5 rings (SSSR count). The van der Waals surface area contributed by atoms with E-state index in [4.69, 9.17) is 4.74 Å². The molecule has 9 heteroatoms. The minimum atomic E-state index is -0.449. The van der Waals surface area contributed by atoms with Crippen molar-refractivity contribution >= 4 is 10.9 Å². The van der Waals surface area contributed by atoms with Gasteiger partial charge in [0.1, 0.15) is 11.8 Å². The number of likely N-dealkylation sites (tertiary alicyclic amines) is 1. The Hall–Kier alpha value is -3.56. The van der Waals surface area contributed by atoms with Gasteiger partial charge in [-0.2, -0.15) is 0 Å². The number of tetrazole rings is 1. The SMILES string of the molecule is CCOc1ccc2[nH]c(=O)c([C@@H](c3nnnn3Cc3ccccc3)N3CCC(O)CC3)cc2c1. The lowest BCUT2D eigenvalue weighted by atomic mass is 9.99. The minimum absolute atomic E-state index is 0.179. The number of aliphatic hydroxyl groups excluding tert-OH is 1. The maximum absolute atomic E-state index is 13.3. The van der Waals surface area contributed by atoms with Gasteiger partial charge in [0, 0.05) is 29.6 Å². The third-order valence-corrected chi connectivity index (χ3v) is 6.29. The van der Waals surface area contributed by atoms with Crippen LogP contribution in [0.4, 0.5) is 0 Å². The van der Waals surface area contributed by atoms with Gasteiger partial charge in [-0.1, -0.05) is 30.3 Å². The van der Waals surface area contributed by atoms with Crippen molar-refractivity contribution in [3.63, 3.8) is 0 Å². The second kappa shape index (κ2) is 9.74. The molecular weight excluding hydrogens is 432 g/mol. The van der Waals surface area contributed by atoms with Crippen molar-refractivity contribution in [1.82, 2.24) is 30.1 Å². The molecule has 1 aliphatic rings. The number of aliphatic hydroxyl groups is 1. The van der Waals surface area contributed by atoms with Crippen LogP contribution in [0.15, 0.2) is 59.4 Å². The van der Waals surface area contributed by atoms with Crippen LogP contribution in [0.1, 0.15) is 42.8 Å². The fourth-order valence-electron chi connectivity index (χ4n) is 4.58. The number of hydrogen-bond acceptors (Lipinski definition) is 7. The van der Waals surface area contributed by atoms with E-state index in [1.165, 1.54) is 0 Å². The molecule has 0 unspecified atom stereocenters. The predicted molar refractivity (Wildman–Crippen MR) is 128 cm³/mol. The summed E-state index contributed by atoms with van der Waals surface area (Å²) >= 11 is 0. The first-order valence-electron chi connectivity index (χ1n) is 11.6. The Bertz CT molecular complexity index is 1310. The van der Waals surface area contributed by atoms with Crippen molar-refractivity contribution in [1.29, 1.82) is 0 Å². The lowest BCUT2D eigenvalue weighted by Crippen LogP contribution is -2.41. The van der Waals surface area contributed by atoms with Gasteiger partial charge in [-0.15, -0.1) is 5.10 Å². The number of hydrogen-bond donors (Lipinski definition) is 2. The van der Waals surface area contributed by atoms with Crippen molar-refractivity contribution in [3.05, 3.63) is 81.9 Å². The van der Waals surface area contributed by atoms with Crippen molar-refractivity contribution in [2.45, 2.75) is 38.5 Å². The van der Waals surface area contributed by atoms with Gasteiger partial charge in [0.25, 0.3) is 5.56 Å². The summed E-state index contributed by atoms with van der Waals surface area (Å²) < 4.78 is 7.42. The molecule has 0 spiro atoms. The zero-order valence-corrected chi connectivity index (χ0v) is 19.1. The van der Waals surface area contributed by atoms with Crippen LogP contribution in [0.25, 0.3) is 10.9 Å². The Morgan fingerprint density at radius 2 is 1.94 bits per heavy atom. The second-order valence-electron chi connectivity index (χ2n) is 8.59. The van der Waals surface area contributed by atoms with Gasteiger partial charge in [0.15, 0.2) is 5.82 Å². The molecule has 0 amide bonds. The molecule has 0 aliphatic carbocycles. The maximum atomic E-state index is 13.3. The first-order valence-corrected chi connectivity index (χ1v) is 11.6. The molecule has 4 aromatic rings. The summed E-state index contributed by atoms with van der Waals surface area (Å²) in [6.45, 7) is 4.28. The van der Waals surface area contributed by atoms with Gasteiger partial charge in [0.2, 0.25) is 0 Å². The highest BCUT2D eigenvalue weighted by Gasteiger charge is 2.32. The number of pyridine rings is 1. The normalized spacial score (nSPS) is 16.1. The standard InChI is InChI=1S/C25H28N6O3/c1-2-34-20-8-9-22-18(14-20)15-21(25(33)26-22)23(30-12-10-19(32)11-13-30)24-27-28-29-31(24)16-17-6-4-3-5-7-17/h3-9,14-15,19,23,32H,2,10-13,16H2,1H3,(H,26,33)/t23-/m0/s1. The second-order valence-corrected chi connectivity index (χ2v) is 8.59. The van der Waals surface area contributed by atoms with Crippen LogP contribution in [0, 0.1) is 0 Å². The van der Waals surface area contributed by atoms with Crippen LogP contribution in [-0.4, -0.2) is 61.0 Å². The van der Waals surface area contributed by atoms with Crippen LogP contribution in [0.3, 0.4) is 0 Å². The Labute approximate surface area is 197 Å². The number of fused-ring (bicyclic) bond motifs is 1. The molecule has 9 nitrogen and oxygen atoms in total. The lowest BCUT2D eigenvalue weighted by molar-refractivity contribution is 0.0659. The fourth-order valence-corrected chi connectivity index (χ4v) is 4.58. The van der Waals surface area contributed by atoms with Crippen LogP contribution >= 0.6 is 0 Å². The van der Waals surface area contributed by atoms with Crippen molar-refractivity contribution in [3.8, 4) is 5.75 Å². The zero-order chi connectivity index (χ0) is 23.5. The summed E-state index contributed by atoms with van der Waals surface area (Å²) in [7, 11) is 0. The quantitative estimate of drug-likeness (QED) is 0.436. The lowest BCUT2D eigenvalue weighted by Gasteiger charge is -2.35. The predicted octanol–water partition coefficient (Wildman–Crippen LogP) is 2.51. The Morgan fingerprint density at radius 3 is 2.71 bits per heavy atom. The first kappa shape index (κ1) is 22.2. The van der Waals surface area contributed by atoms with Gasteiger partial charge in [-0.25, -0.2) is 4.68 Å². The van der Waals surface area contributed by atoms with Crippen LogP contribution in [0.5, 0.6) is 5.75 Å². The molecule has 0 bridgehead atoms. The Kier molecular flexibility index (Phi) is 6.37. The number of benzene rings is 2. The van der Waals surface area contributed by atoms with E-state index in [0.29, 0.717) is 50.5 Å². The molecule has 2 N–H and O–H groups in total. The van der Waals surface area contributed by atoms with E-state index in [9.17, 15) is 9.90 Å². The summed E-state index contributed by atoms with van der Waals surface area (Å²) in [6, 6.07) is 17.1. The van der Waals surface area contributed by atoms with Crippen LogP contribution < -0.4 is 10.3 Å². The molecular formula is C25H28N6O3. The molecule has 1 aliphatic heterocycles. The third kappa shape index (κ3) is 4.57. The number of nitrogens with zero attached hydrogens (tertiary/aromatic N) is 5. The Balaban J connectivity index is 1.60. The van der Waals surface area contributed by atoms with Gasteiger partial charge >= 0.3 is 0 Å². The summed E-state index contributed by atoms with van der Waals surface area (Å²) in [5.41, 5.74) is 2.20. The number of piperidine rings is 1. The van der Waals surface area contributed by atoms with Gasteiger partial charge in [-0.05, 0) is 60.0 Å². The van der Waals surface area contributed by atoms with E-state index in [2.05, 4.69) is 25.4 Å². The molecule has 3 heterocycles. The Morgan fingerprint density at radius 1 is 1.15 bits per heavy atom. The largest absolute Gasteiger partial charge is 0.494 e. The minimum Gasteiger partial charge on any atom is -0.494 e. The number of rotatable bonds is 7. The van der Waals surface area contributed by atoms with Crippen LogP contribution in [-0.2, 0) is 6.54 Å². The summed E-state index contributed by atoms with van der Waals surface area (Å²) in [6.07, 6.45) is 0.939. The smallest absolute Gasteiger partial charge is 0.253 e. The highest BCUT2D eigenvalue weighted by atomic mass is 16.5. The highest BCUT2D eigenvalue weighted by molar-refractivity contribution is 5.80. The van der Waals surface area contributed by atoms with Crippen LogP contribution in [0.2, 0.25) is 0 Å².